The van der Waals surface area contributed by atoms with Crippen molar-refractivity contribution in [3.05, 3.63) is 59.2 Å². The van der Waals surface area contributed by atoms with Gasteiger partial charge in [0.15, 0.2) is 0 Å². The molecule has 8 nitrogen and oxygen atoms in total. The summed E-state index contributed by atoms with van der Waals surface area (Å²) in [5, 5.41) is 6.14. The Kier molecular flexibility index (Phi) is 11.5. The first-order chi connectivity index (χ1) is 16.3. The van der Waals surface area contributed by atoms with Gasteiger partial charge in [0.05, 0.1) is 6.61 Å². The number of hydrogen-bond donors (Lipinski definition) is 2. The topological polar surface area (TPSA) is 101 Å². The number of methoxy groups -OCH3 is 1. The zero-order chi connectivity index (χ0) is 24.9. The summed E-state index contributed by atoms with van der Waals surface area (Å²) >= 11 is 6.04. The lowest BCUT2D eigenvalue weighted by Gasteiger charge is -2.31. The molecule has 3 amide bonds. The molecule has 9 heteroatoms. The minimum Gasteiger partial charge on any atom is -0.383 e. The molecule has 2 rings (SSSR count). The molecule has 184 valence electrons. The van der Waals surface area contributed by atoms with E-state index in [0.29, 0.717) is 28.9 Å². The van der Waals surface area contributed by atoms with Gasteiger partial charge in [-0.05, 0) is 42.2 Å². The fourth-order valence-electron chi connectivity index (χ4n) is 3.29. The number of anilines is 1. The highest BCUT2D eigenvalue weighted by Gasteiger charge is 2.31. The van der Waals surface area contributed by atoms with Crippen LogP contribution in [0.15, 0.2) is 48.7 Å². The van der Waals surface area contributed by atoms with Gasteiger partial charge in [0.25, 0.3) is 0 Å². The van der Waals surface area contributed by atoms with E-state index < -0.39 is 6.04 Å². The first-order valence-corrected chi connectivity index (χ1v) is 11.7. The molecule has 0 aliphatic heterocycles. The molecular weight excluding hydrogens is 456 g/mol. The third-order valence-electron chi connectivity index (χ3n) is 5.12. The number of halogens is 1. The number of benzene rings is 1. The molecule has 1 aromatic heterocycles. The van der Waals surface area contributed by atoms with Crippen LogP contribution in [-0.4, -0.2) is 54.4 Å². The van der Waals surface area contributed by atoms with Crippen LogP contribution in [0, 0.1) is 5.92 Å². The monoisotopic (exact) mass is 488 g/mol. The number of rotatable bonds is 13. The molecule has 0 aliphatic carbocycles. The maximum Gasteiger partial charge on any atom is 0.247 e. The quantitative estimate of drug-likeness (QED) is 0.446. The highest BCUT2D eigenvalue weighted by molar-refractivity contribution is 6.30. The number of aromatic nitrogens is 1. The van der Waals surface area contributed by atoms with Gasteiger partial charge in [-0.2, -0.15) is 0 Å². The summed E-state index contributed by atoms with van der Waals surface area (Å²) in [5.41, 5.74) is 0.633. The second kappa shape index (κ2) is 14.3. The number of carbonyl (C=O) groups is 3. The van der Waals surface area contributed by atoms with Crippen LogP contribution < -0.4 is 10.6 Å². The summed E-state index contributed by atoms with van der Waals surface area (Å²) in [6.45, 7) is 5.09. The number of nitrogens with zero attached hydrogens (tertiary/aromatic N) is 2. The second-order valence-electron chi connectivity index (χ2n) is 8.27. The molecule has 1 atom stereocenters. The average molecular weight is 489 g/mol. The largest absolute Gasteiger partial charge is 0.383 e. The molecule has 0 saturated carbocycles. The van der Waals surface area contributed by atoms with Crippen LogP contribution in [0.5, 0.6) is 0 Å². The molecule has 0 saturated heterocycles. The summed E-state index contributed by atoms with van der Waals surface area (Å²) in [7, 11) is 1.53. The zero-order valence-electron chi connectivity index (χ0n) is 19.9. The van der Waals surface area contributed by atoms with Gasteiger partial charge in [-0.25, -0.2) is 4.98 Å². The van der Waals surface area contributed by atoms with E-state index in [2.05, 4.69) is 29.5 Å². The van der Waals surface area contributed by atoms with Crippen LogP contribution in [-0.2, 0) is 19.1 Å². The number of hydrogen-bond acceptors (Lipinski definition) is 5. The van der Waals surface area contributed by atoms with E-state index in [1.165, 1.54) is 12.0 Å². The van der Waals surface area contributed by atoms with Gasteiger partial charge in [-0.15, -0.1) is 0 Å². The standard InChI is InChI=1S/C25H33ClN4O4/c1-18(2)13-15-28-25(33)24(19-7-9-20(26)10-8-19)30(16-17-34-3)23(32)12-11-22(31)29-21-6-4-5-14-27-21/h4-10,14,18,24H,11-13,15-17H2,1-3H3,(H,28,33)(H,27,29,31). The van der Waals surface area contributed by atoms with E-state index in [1.54, 1.807) is 48.7 Å². The Morgan fingerprint density at radius 1 is 1.09 bits per heavy atom. The molecule has 0 fully saturated rings. The van der Waals surface area contributed by atoms with E-state index in [1.807, 2.05) is 0 Å². The van der Waals surface area contributed by atoms with Gasteiger partial charge in [0.2, 0.25) is 17.7 Å². The highest BCUT2D eigenvalue weighted by atomic mass is 35.5. The predicted octanol–water partition coefficient (Wildman–Crippen LogP) is 3.83. The van der Waals surface area contributed by atoms with E-state index in [4.69, 9.17) is 16.3 Å². The maximum absolute atomic E-state index is 13.2. The lowest BCUT2D eigenvalue weighted by Crippen LogP contribution is -2.45. The summed E-state index contributed by atoms with van der Waals surface area (Å²) < 4.78 is 5.19. The van der Waals surface area contributed by atoms with Gasteiger partial charge in [0.1, 0.15) is 11.9 Å². The Labute approximate surface area is 206 Å². The van der Waals surface area contributed by atoms with Crippen LogP contribution in [0.3, 0.4) is 0 Å². The van der Waals surface area contributed by atoms with Crippen molar-refractivity contribution in [2.24, 2.45) is 5.92 Å². The summed E-state index contributed by atoms with van der Waals surface area (Å²) in [6, 6.07) is 11.1. The van der Waals surface area contributed by atoms with Crippen molar-refractivity contribution in [3.8, 4) is 0 Å². The fraction of sp³-hybridized carbons (Fsp3) is 0.440. The van der Waals surface area contributed by atoms with Crippen molar-refractivity contribution >= 4 is 35.1 Å². The van der Waals surface area contributed by atoms with Crippen LogP contribution in [0.2, 0.25) is 5.02 Å². The molecule has 1 heterocycles. The predicted molar refractivity (Wildman–Crippen MR) is 132 cm³/mol. The van der Waals surface area contributed by atoms with Crippen LogP contribution in [0.25, 0.3) is 0 Å². The molecule has 2 aromatic rings. The van der Waals surface area contributed by atoms with Crippen molar-refractivity contribution in [1.82, 2.24) is 15.2 Å². The normalized spacial score (nSPS) is 11.7. The molecule has 1 aromatic carbocycles. The number of carbonyl (C=O) groups excluding carboxylic acids is 3. The van der Waals surface area contributed by atoms with Gasteiger partial charge < -0.3 is 20.3 Å². The summed E-state index contributed by atoms with van der Waals surface area (Å²) in [4.78, 5) is 44.3. The SMILES string of the molecule is COCCN(C(=O)CCC(=O)Nc1ccccn1)C(C(=O)NCCC(C)C)c1ccc(Cl)cc1. The third kappa shape index (κ3) is 9.11. The minimum atomic E-state index is -0.870. The molecule has 0 spiro atoms. The minimum absolute atomic E-state index is 0.0405. The molecular formula is C25H33ClN4O4. The van der Waals surface area contributed by atoms with E-state index >= 15 is 0 Å². The molecule has 0 bridgehead atoms. The fourth-order valence-corrected chi connectivity index (χ4v) is 3.42. The van der Waals surface area contributed by atoms with E-state index in [0.717, 1.165) is 6.42 Å². The second-order valence-corrected chi connectivity index (χ2v) is 8.71. The lowest BCUT2D eigenvalue weighted by atomic mass is 10.0. The first kappa shape index (κ1) is 27.3. The zero-order valence-corrected chi connectivity index (χ0v) is 20.7. The third-order valence-corrected chi connectivity index (χ3v) is 5.37. The van der Waals surface area contributed by atoms with Crippen molar-refractivity contribution in [1.29, 1.82) is 0 Å². The lowest BCUT2D eigenvalue weighted by molar-refractivity contribution is -0.142. The molecule has 1 unspecified atom stereocenters. The number of amides is 3. The van der Waals surface area contributed by atoms with Gasteiger partial charge in [-0.3, -0.25) is 14.4 Å². The molecule has 0 radical (unpaired) electrons. The van der Waals surface area contributed by atoms with Crippen molar-refractivity contribution < 1.29 is 19.1 Å². The van der Waals surface area contributed by atoms with Gasteiger partial charge in [0, 0.05) is 44.3 Å². The van der Waals surface area contributed by atoms with Crippen molar-refractivity contribution in [2.45, 2.75) is 39.2 Å². The van der Waals surface area contributed by atoms with Gasteiger partial charge in [-0.1, -0.05) is 43.6 Å². The Morgan fingerprint density at radius 2 is 1.82 bits per heavy atom. The highest BCUT2D eigenvalue weighted by Crippen LogP contribution is 2.24. The Hall–Kier alpha value is -2.97. The Morgan fingerprint density at radius 3 is 2.44 bits per heavy atom. The van der Waals surface area contributed by atoms with E-state index in [9.17, 15) is 14.4 Å². The average Bonchev–Trinajstić information content (AvgIpc) is 2.81. The van der Waals surface area contributed by atoms with Crippen LogP contribution in [0.4, 0.5) is 5.82 Å². The number of pyridine rings is 1. The molecule has 34 heavy (non-hydrogen) atoms. The molecule has 0 aliphatic rings. The van der Waals surface area contributed by atoms with Gasteiger partial charge >= 0.3 is 0 Å². The van der Waals surface area contributed by atoms with Crippen LogP contribution >= 0.6 is 11.6 Å². The van der Waals surface area contributed by atoms with Crippen LogP contribution in [0.1, 0.15) is 44.7 Å². The first-order valence-electron chi connectivity index (χ1n) is 11.3. The Balaban J connectivity index is 2.18. The number of nitrogens with one attached hydrogen (secondary N) is 2. The van der Waals surface area contributed by atoms with Crippen molar-refractivity contribution in [3.63, 3.8) is 0 Å². The molecule has 2 N–H and O–H groups in total. The maximum atomic E-state index is 13.2. The summed E-state index contributed by atoms with van der Waals surface area (Å²) in [6.07, 6.45) is 2.29. The smallest absolute Gasteiger partial charge is 0.247 e. The van der Waals surface area contributed by atoms with E-state index in [-0.39, 0.29) is 43.7 Å². The Bertz CT molecular complexity index is 922. The number of ether oxygens (including phenoxy) is 1. The summed E-state index contributed by atoms with van der Waals surface area (Å²) in [5.74, 6) is -0.0985. The van der Waals surface area contributed by atoms with Crippen molar-refractivity contribution in [2.75, 3.05) is 32.1 Å².